The van der Waals surface area contributed by atoms with Crippen molar-refractivity contribution in [1.82, 2.24) is 4.98 Å². The highest BCUT2D eigenvalue weighted by Crippen LogP contribution is 2.28. The summed E-state index contributed by atoms with van der Waals surface area (Å²) in [6, 6.07) is 8.26. The highest BCUT2D eigenvalue weighted by atomic mass is 32.2. The molecule has 2 heterocycles. The summed E-state index contributed by atoms with van der Waals surface area (Å²) in [5.74, 6) is -0.0628. The SMILES string of the molecule is CC(=O)c1cccc(-c2cncc(O[C@@H]3OC(S(=O)(=O)O)[C@@H](O)[C@H](O)[C@H]3O)c2)c1. The smallest absolute Gasteiger partial charge is 0.295 e. The van der Waals surface area contributed by atoms with Gasteiger partial charge in [0.05, 0.1) is 6.20 Å². The molecule has 3 rings (SSSR count). The van der Waals surface area contributed by atoms with E-state index in [1.807, 2.05) is 0 Å². The number of carbonyl (C=O) groups is 1. The molecular weight excluding hydrogens is 406 g/mol. The van der Waals surface area contributed by atoms with E-state index in [2.05, 4.69) is 4.98 Å². The topological polar surface area (TPSA) is 163 Å². The van der Waals surface area contributed by atoms with Gasteiger partial charge in [0.25, 0.3) is 10.1 Å². The lowest BCUT2D eigenvalue weighted by atomic mass is 10.0. The predicted molar refractivity (Wildman–Crippen MR) is 98.5 cm³/mol. The molecule has 1 fully saturated rings. The molecule has 1 aliphatic heterocycles. The zero-order valence-electron chi connectivity index (χ0n) is 15.1. The maximum absolute atomic E-state index is 11.6. The molecule has 0 bridgehead atoms. The molecule has 29 heavy (non-hydrogen) atoms. The number of ether oxygens (including phenoxy) is 2. The van der Waals surface area contributed by atoms with Gasteiger partial charge in [0.1, 0.15) is 24.1 Å². The number of nitrogens with zero attached hydrogens (tertiary/aromatic N) is 1. The summed E-state index contributed by atoms with van der Waals surface area (Å²) in [6.07, 6.45) is -4.76. The number of ketones is 1. The molecule has 0 aliphatic carbocycles. The fourth-order valence-electron chi connectivity index (χ4n) is 2.85. The van der Waals surface area contributed by atoms with E-state index in [9.17, 15) is 28.5 Å². The second-order valence-corrected chi connectivity index (χ2v) is 8.02. The molecule has 0 saturated carbocycles. The second-order valence-electron chi connectivity index (χ2n) is 6.52. The van der Waals surface area contributed by atoms with Crippen molar-refractivity contribution in [2.45, 2.75) is 37.0 Å². The van der Waals surface area contributed by atoms with Gasteiger partial charge in [-0.2, -0.15) is 8.42 Å². The average molecular weight is 425 g/mol. The van der Waals surface area contributed by atoms with E-state index in [4.69, 9.17) is 14.0 Å². The van der Waals surface area contributed by atoms with Crippen LogP contribution >= 0.6 is 0 Å². The molecule has 1 aromatic heterocycles. The zero-order valence-corrected chi connectivity index (χ0v) is 15.9. The molecule has 1 aromatic carbocycles. The summed E-state index contributed by atoms with van der Waals surface area (Å²) in [5.41, 5.74) is -0.489. The van der Waals surface area contributed by atoms with Crippen molar-refractivity contribution in [3.8, 4) is 16.9 Å². The summed E-state index contributed by atoms with van der Waals surface area (Å²) in [5, 5.41) is 29.6. The van der Waals surface area contributed by atoms with Crippen LogP contribution in [0.25, 0.3) is 11.1 Å². The van der Waals surface area contributed by atoms with Gasteiger partial charge in [-0.15, -0.1) is 0 Å². The lowest BCUT2D eigenvalue weighted by molar-refractivity contribution is -0.254. The fourth-order valence-corrected chi connectivity index (χ4v) is 3.62. The maximum Gasteiger partial charge on any atom is 0.295 e. The van der Waals surface area contributed by atoms with Gasteiger partial charge in [-0.25, -0.2) is 0 Å². The van der Waals surface area contributed by atoms with E-state index >= 15 is 0 Å². The Balaban J connectivity index is 1.86. The number of hydrogen-bond acceptors (Lipinski definition) is 9. The quantitative estimate of drug-likeness (QED) is 0.378. The summed E-state index contributed by atoms with van der Waals surface area (Å²) in [6.45, 7) is 1.43. The Labute approximate surface area is 166 Å². The monoisotopic (exact) mass is 425 g/mol. The molecule has 5 atom stereocenters. The van der Waals surface area contributed by atoms with Crippen molar-refractivity contribution in [3.63, 3.8) is 0 Å². The van der Waals surface area contributed by atoms with Gasteiger partial charge in [-0.1, -0.05) is 18.2 Å². The van der Waals surface area contributed by atoms with Crippen LogP contribution in [-0.4, -0.2) is 69.1 Å². The normalized spacial score (nSPS) is 27.4. The third-order valence-electron chi connectivity index (χ3n) is 4.39. The maximum atomic E-state index is 11.6. The summed E-state index contributed by atoms with van der Waals surface area (Å²) >= 11 is 0. The van der Waals surface area contributed by atoms with E-state index in [1.54, 1.807) is 24.3 Å². The minimum absolute atomic E-state index is 0.0532. The molecule has 2 aromatic rings. The van der Waals surface area contributed by atoms with Gasteiger partial charge in [0, 0.05) is 17.3 Å². The molecule has 4 N–H and O–H groups in total. The van der Waals surface area contributed by atoms with Crippen molar-refractivity contribution in [1.29, 1.82) is 0 Å². The predicted octanol–water partition coefficient (Wildman–Crippen LogP) is -0.0171. The van der Waals surface area contributed by atoms with Gasteiger partial charge in [0.15, 0.2) is 5.78 Å². The van der Waals surface area contributed by atoms with Gasteiger partial charge in [0.2, 0.25) is 11.7 Å². The molecule has 0 amide bonds. The number of aromatic nitrogens is 1. The zero-order chi connectivity index (χ0) is 21.3. The van der Waals surface area contributed by atoms with Crippen molar-refractivity contribution in [2.24, 2.45) is 0 Å². The number of aliphatic hydroxyl groups is 3. The Morgan fingerprint density at radius 3 is 2.45 bits per heavy atom. The molecule has 0 spiro atoms. The first-order valence-corrected chi connectivity index (χ1v) is 9.97. The molecular formula is C18H19NO9S. The van der Waals surface area contributed by atoms with Crippen molar-refractivity contribution in [2.75, 3.05) is 0 Å². The molecule has 10 nitrogen and oxygen atoms in total. The van der Waals surface area contributed by atoms with E-state index in [0.717, 1.165) is 0 Å². The van der Waals surface area contributed by atoms with Gasteiger partial charge in [-0.05, 0) is 24.6 Å². The summed E-state index contributed by atoms with van der Waals surface area (Å²) < 4.78 is 42.2. The van der Waals surface area contributed by atoms with Crippen LogP contribution in [0.4, 0.5) is 0 Å². The minimum Gasteiger partial charge on any atom is -0.460 e. The third-order valence-corrected chi connectivity index (χ3v) is 5.36. The number of pyridine rings is 1. The lowest BCUT2D eigenvalue weighted by Gasteiger charge is -2.38. The summed E-state index contributed by atoms with van der Waals surface area (Å²) in [4.78, 5) is 15.6. The Bertz CT molecular complexity index is 1010. The van der Waals surface area contributed by atoms with Crippen LogP contribution in [0, 0.1) is 0 Å². The van der Waals surface area contributed by atoms with Crippen LogP contribution in [-0.2, 0) is 14.9 Å². The number of benzene rings is 1. The first-order valence-electron chi connectivity index (χ1n) is 8.47. The van der Waals surface area contributed by atoms with Gasteiger partial charge >= 0.3 is 0 Å². The first-order chi connectivity index (χ1) is 13.6. The fraction of sp³-hybridized carbons (Fsp3) is 0.333. The molecule has 1 saturated heterocycles. The Morgan fingerprint density at radius 2 is 1.79 bits per heavy atom. The van der Waals surface area contributed by atoms with E-state index in [0.29, 0.717) is 16.7 Å². The van der Waals surface area contributed by atoms with Crippen LogP contribution in [0.15, 0.2) is 42.7 Å². The number of carbonyl (C=O) groups excluding carboxylic acids is 1. The van der Waals surface area contributed by atoms with E-state index < -0.39 is 40.2 Å². The lowest BCUT2D eigenvalue weighted by Crippen LogP contribution is -2.61. The number of hydrogen-bond donors (Lipinski definition) is 4. The van der Waals surface area contributed by atoms with Gasteiger partial charge < -0.3 is 24.8 Å². The Kier molecular flexibility index (Phi) is 5.98. The highest BCUT2D eigenvalue weighted by Gasteiger charge is 2.50. The number of rotatable bonds is 5. The van der Waals surface area contributed by atoms with Crippen LogP contribution in [0.3, 0.4) is 0 Å². The van der Waals surface area contributed by atoms with Crippen LogP contribution < -0.4 is 4.74 Å². The molecule has 0 radical (unpaired) electrons. The van der Waals surface area contributed by atoms with Crippen LogP contribution in [0.1, 0.15) is 17.3 Å². The van der Waals surface area contributed by atoms with Crippen molar-refractivity contribution in [3.05, 3.63) is 48.3 Å². The van der Waals surface area contributed by atoms with E-state index in [1.165, 1.54) is 25.4 Å². The minimum atomic E-state index is -4.89. The van der Waals surface area contributed by atoms with Crippen molar-refractivity contribution >= 4 is 15.9 Å². The van der Waals surface area contributed by atoms with Gasteiger partial charge in [-0.3, -0.25) is 14.3 Å². The van der Waals surface area contributed by atoms with Crippen LogP contribution in [0.5, 0.6) is 5.75 Å². The second kappa shape index (κ2) is 8.14. The Morgan fingerprint density at radius 1 is 1.07 bits per heavy atom. The Hall–Kier alpha value is -2.41. The molecule has 156 valence electrons. The molecule has 11 heteroatoms. The number of Topliss-reactive ketones (excluding diaryl/α,β-unsaturated/α-hetero) is 1. The largest absolute Gasteiger partial charge is 0.460 e. The summed E-state index contributed by atoms with van der Waals surface area (Å²) in [7, 11) is -4.89. The highest BCUT2D eigenvalue weighted by molar-refractivity contribution is 7.86. The van der Waals surface area contributed by atoms with Crippen molar-refractivity contribution < 1.29 is 42.6 Å². The first kappa shape index (κ1) is 21.3. The third kappa shape index (κ3) is 4.61. The standard InChI is InChI=1S/C18H19NO9S/c1-9(20)10-3-2-4-11(5-10)12-6-13(8-19-7-12)27-17-15(22)14(21)16(23)18(28-17)29(24,25)26/h2-8,14-18,21-23H,1H3,(H,24,25,26)/t14-,15-,16+,17-,18?/m1/s1. The average Bonchev–Trinajstić information content (AvgIpc) is 2.67. The number of aliphatic hydroxyl groups excluding tert-OH is 3. The molecule has 1 aliphatic rings. The molecule has 1 unspecified atom stereocenters. The van der Waals surface area contributed by atoms with E-state index in [-0.39, 0.29) is 11.5 Å². The van der Waals surface area contributed by atoms with Crippen LogP contribution in [0.2, 0.25) is 0 Å².